The molecule has 0 radical (unpaired) electrons. The number of piperazine rings is 1. The number of rotatable bonds is 6. The number of nitrogens with zero attached hydrogens (tertiary/aromatic N) is 6. The minimum atomic E-state index is 0.0419. The van der Waals surface area contributed by atoms with Crippen LogP contribution in [0.2, 0.25) is 0 Å². The fraction of sp³-hybridized carbons (Fsp3) is 0.722. The maximum Gasteiger partial charge on any atom is 0.239 e. The van der Waals surface area contributed by atoms with Gasteiger partial charge < -0.3 is 20.4 Å². The van der Waals surface area contributed by atoms with Gasteiger partial charge in [-0.15, -0.1) is 11.3 Å². The third-order valence-corrected chi connectivity index (χ3v) is 6.09. The topological polar surface area (TPSA) is 81.3 Å². The summed E-state index contributed by atoms with van der Waals surface area (Å²) in [5, 5.41) is 3.09. The number of aliphatic imine (C=N–C) groups is 1. The van der Waals surface area contributed by atoms with E-state index in [-0.39, 0.29) is 11.9 Å². The third-order valence-electron chi connectivity index (χ3n) is 5.26. The lowest BCUT2D eigenvalue weighted by atomic mass is 10.2. The number of hydrogen-bond donors (Lipinski definition) is 1. The molecular formula is C18H31N7OS. The molecular weight excluding hydrogens is 362 g/mol. The standard InChI is InChI=1S/C18H31N7OS/c1-22(2)16(26)15-5-3-8-23(15)9-4-6-20-17(19)24-10-12-25(13-11-24)18-21-7-14-27-18/h7,14-15H,3-6,8-13H2,1-2H3,(H2,19,20). The van der Waals surface area contributed by atoms with Crippen molar-refractivity contribution in [3.63, 3.8) is 0 Å². The van der Waals surface area contributed by atoms with Crippen LogP contribution in [0.15, 0.2) is 16.6 Å². The van der Waals surface area contributed by atoms with Gasteiger partial charge in [0, 0.05) is 64.9 Å². The van der Waals surface area contributed by atoms with E-state index in [1.807, 2.05) is 25.7 Å². The lowest BCUT2D eigenvalue weighted by Crippen LogP contribution is -2.51. The number of carbonyl (C=O) groups is 1. The van der Waals surface area contributed by atoms with Crippen molar-refractivity contribution in [2.75, 3.05) is 64.8 Å². The summed E-state index contributed by atoms with van der Waals surface area (Å²) in [7, 11) is 3.66. The number of likely N-dealkylation sites (tertiary alicyclic amines) is 1. The molecule has 0 spiro atoms. The smallest absolute Gasteiger partial charge is 0.239 e. The number of guanidine groups is 1. The molecule has 0 saturated carbocycles. The number of thiazole rings is 1. The van der Waals surface area contributed by atoms with Crippen LogP contribution in [0.4, 0.5) is 5.13 Å². The number of carbonyl (C=O) groups excluding carboxylic acids is 1. The number of amides is 1. The first kappa shape index (κ1) is 19.9. The Bertz CT molecular complexity index is 626. The van der Waals surface area contributed by atoms with Crippen LogP contribution in [-0.4, -0.2) is 97.5 Å². The van der Waals surface area contributed by atoms with E-state index in [4.69, 9.17) is 5.73 Å². The van der Waals surface area contributed by atoms with Crippen LogP contribution in [0.3, 0.4) is 0 Å². The fourth-order valence-corrected chi connectivity index (χ4v) is 4.43. The minimum absolute atomic E-state index is 0.0419. The average molecular weight is 394 g/mol. The van der Waals surface area contributed by atoms with Gasteiger partial charge in [-0.05, 0) is 25.8 Å². The van der Waals surface area contributed by atoms with Gasteiger partial charge in [0.25, 0.3) is 0 Å². The Labute approximate surface area is 165 Å². The number of hydrogen-bond acceptors (Lipinski definition) is 6. The highest BCUT2D eigenvalue weighted by molar-refractivity contribution is 7.13. The fourth-order valence-electron chi connectivity index (χ4n) is 3.74. The Hall–Kier alpha value is -1.87. The van der Waals surface area contributed by atoms with Crippen molar-refractivity contribution in [2.24, 2.45) is 10.7 Å². The number of anilines is 1. The molecule has 1 aromatic rings. The molecule has 8 nitrogen and oxygen atoms in total. The molecule has 1 aromatic heterocycles. The Morgan fingerprint density at radius 3 is 2.78 bits per heavy atom. The quantitative estimate of drug-likeness (QED) is 0.431. The SMILES string of the molecule is CN(C)C(=O)C1CCCN1CCCN=C(N)N1CCN(c2nccs2)CC1. The monoisotopic (exact) mass is 393 g/mol. The van der Waals surface area contributed by atoms with E-state index in [9.17, 15) is 4.79 Å². The van der Waals surface area contributed by atoms with E-state index in [0.717, 1.165) is 63.7 Å². The lowest BCUT2D eigenvalue weighted by molar-refractivity contribution is -0.133. The molecule has 3 heterocycles. The molecule has 1 unspecified atom stereocenters. The molecule has 0 aromatic carbocycles. The Balaban J connectivity index is 1.39. The van der Waals surface area contributed by atoms with E-state index >= 15 is 0 Å². The molecule has 1 atom stereocenters. The second-order valence-corrected chi connectivity index (χ2v) is 8.18. The van der Waals surface area contributed by atoms with Gasteiger partial charge in [0.1, 0.15) is 0 Å². The minimum Gasteiger partial charge on any atom is -0.370 e. The molecule has 150 valence electrons. The lowest BCUT2D eigenvalue weighted by Gasteiger charge is -2.35. The summed E-state index contributed by atoms with van der Waals surface area (Å²) in [5.41, 5.74) is 6.19. The summed E-state index contributed by atoms with van der Waals surface area (Å²) < 4.78 is 0. The van der Waals surface area contributed by atoms with Crippen molar-refractivity contribution in [2.45, 2.75) is 25.3 Å². The van der Waals surface area contributed by atoms with Crippen molar-refractivity contribution in [3.05, 3.63) is 11.6 Å². The zero-order chi connectivity index (χ0) is 19.2. The molecule has 3 rings (SSSR count). The summed E-state index contributed by atoms with van der Waals surface area (Å²) in [6, 6.07) is 0.0419. The van der Waals surface area contributed by atoms with Gasteiger partial charge >= 0.3 is 0 Å². The highest BCUT2D eigenvalue weighted by Crippen LogP contribution is 2.20. The molecule has 1 amide bonds. The zero-order valence-electron chi connectivity index (χ0n) is 16.4. The predicted molar refractivity (Wildman–Crippen MR) is 110 cm³/mol. The molecule has 0 bridgehead atoms. The first-order valence-corrected chi connectivity index (χ1v) is 10.6. The largest absolute Gasteiger partial charge is 0.370 e. The Morgan fingerprint density at radius 2 is 2.11 bits per heavy atom. The maximum absolute atomic E-state index is 12.2. The summed E-state index contributed by atoms with van der Waals surface area (Å²) in [6.45, 7) is 6.21. The van der Waals surface area contributed by atoms with Crippen molar-refractivity contribution >= 4 is 28.3 Å². The molecule has 2 aliphatic heterocycles. The van der Waals surface area contributed by atoms with Gasteiger partial charge in [-0.2, -0.15) is 0 Å². The van der Waals surface area contributed by atoms with Crippen LogP contribution < -0.4 is 10.6 Å². The molecule has 2 saturated heterocycles. The number of nitrogens with two attached hydrogens (primary N) is 1. The molecule has 2 N–H and O–H groups in total. The van der Waals surface area contributed by atoms with Crippen LogP contribution in [-0.2, 0) is 4.79 Å². The molecule has 9 heteroatoms. The first-order valence-electron chi connectivity index (χ1n) is 9.71. The van der Waals surface area contributed by atoms with Crippen LogP contribution in [0.25, 0.3) is 0 Å². The van der Waals surface area contributed by atoms with Gasteiger partial charge in [-0.25, -0.2) is 4.98 Å². The van der Waals surface area contributed by atoms with Crippen molar-refractivity contribution in [1.82, 2.24) is 19.7 Å². The Kier molecular flexibility index (Phi) is 6.89. The van der Waals surface area contributed by atoms with E-state index in [2.05, 4.69) is 24.7 Å². The normalized spacial score (nSPS) is 21.7. The first-order chi connectivity index (χ1) is 13.1. The van der Waals surface area contributed by atoms with Crippen molar-refractivity contribution in [3.8, 4) is 0 Å². The van der Waals surface area contributed by atoms with Crippen LogP contribution in [0.1, 0.15) is 19.3 Å². The van der Waals surface area contributed by atoms with Gasteiger partial charge in [-0.3, -0.25) is 14.7 Å². The van der Waals surface area contributed by atoms with Gasteiger partial charge in [0.05, 0.1) is 6.04 Å². The Morgan fingerprint density at radius 1 is 1.33 bits per heavy atom. The van der Waals surface area contributed by atoms with Gasteiger partial charge in [-0.1, -0.05) is 0 Å². The van der Waals surface area contributed by atoms with E-state index in [0.29, 0.717) is 12.5 Å². The molecule has 0 aliphatic carbocycles. The van der Waals surface area contributed by atoms with Crippen molar-refractivity contribution < 1.29 is 4.79 Å². The maximum atomic E-state index is 12.2. The van der Waals surface area contributed by atoms with Gasteiger partial charge in [0.15, 0.2) is 11.1 Å². The van der Waals surface area contributed by atoms with Crippen LogP contribution >= 0.6 is 11.3 Å². The zero-order valence-corrected chi connectivity index (χ0v) is 17.2. The van der Waals surface area contributed by atoms with Gasteiger partial charge in [0.2, 0.25) is 5.91 Å². The second-order valence-electron chi connectivity index (χ2n) is 7.31. The third kappa shape index (κ3) is 5.10. The van der Waals surface area contributed by atoms with Crippen LogP contribution in [0, 0.1) is 0 Å². The molecule has 2 fully saturated rings. The number of likely N-dealkylation sites (N-methyl/N-ethyl adjacent to an activating group) is 1. The highest BCUT2D eigenvalue weighted by atomic mass is 32.1. The second kappa shape index (κ2) is 9.36. The summed E-state index contributed by atoms with van der Waals surface area (Å²) in [5.74, 6) is 0.852. The number of aromatic nitrogens is 1. The predicted octanol–water partition coefficient (Wildman–Crippen LogP) is 0.523. The van der Waals surface area contributed by atoms with Crippen molar-refractivity contribution in [1.29, 1.82) is 0 Å². The molecule has 27 heavy (non-hydrogen) atoms. The summed E-state index contributed by atoms with van der Waals surface area (Å²) in [6.07, 6.45) is 4.83. The molecule has 2 aliphatic rings. The van der Waals surface area contributed by atoms with Crippen LogP contribution in [0.5, 0.6) is 0 Å². The van der Waals surface area contributed by atoms with E-state index in [1.54, 1.807) is 16.2 Å². The summed E-state index contributed by atoms with van der Waals surface area (Å²) in [4.78, 5) is 29.6. The summed E-state index contributed by atoms with van der Waals surface area (Å²) >= 11 is 1.67. The average Bonchev–Trinajstić information content (AvgIpc) is 3.36. The van der Waals surface area contributed by atoms with E-state index in [1.165, 1.54) is 0 Å². The highest BCUT2D eigenvalue weighted by Gasteiger charge is 2.31. The van der Waals surface area contributed by atoms with E-state index < -0.39 is 0 Å².